The van der Waals surface area contributed by atoms with Crippen LogP contribution in [-0.4, -0.2) is 11.8 Å². The van der Waals surface area contributed by atoms with Gasteiger partial charge in [0, 0.05) is 12.8 Å². The van der Waals surface area contributed by atoms with E-state index in [2.05, 4.69) is 0 Å². The number of esters is 1. The molecule has 1 aliphatic rings. The summed E-state index contributed by atoms with van der Waals surface area (Å²) < 4.78 is 5.31. The third kappa shape index (κ3) is 1.50. The summed E-state index contributed by atoms with van der Waals surface area (Å²) in [5.74, 6) is 0.164. The largest absolute Gasteiger partial charge is 0.453 e. The highest BCUT2D eigenvalue weighted by atomic mass is 35.5. The Hall–Kier alpha value is -1.02. The Bertz CT molecular complexity index is 336. The number of hydrogen-bond acceptors (Lipinski definition) is 2. The Kier molecular flexibility index (Phi) is 2.46. The zero-order valence-electron chi connectivity index (χ0n) is 7.70. The van der Waals surface area contributed by atoms with E-state index in [0.717, 1.165) is 5.56 Å². The van der Waals surface area contributed by atoms with Gasteiger partial charge in [0.15, 0.2) is 5.60 Å². The van der Waals surface area contributed by atoms with Crippen LogP contribution < -0.4 is 0 Å². The number of alkyl halides is 1. The maximum absolute atomic E-state index is 11.1. The summed E-state index contributed by atoms with van der Waals surface area (Å²) in [6.07, 6.45) is 1.14. The zero-order chi connectivity index (χ0) is 10.0. The minimum Gasteiger partial charge on any atom is -0.453 e. The molecule has 2 nitrogen and oxygen atoms in total. The van der Waals surface area contributed by atoms with Crippen molar-refractivity contribution in [2.45, 2.75) is 18.4 Å². The summed E-state index contributed by atoms with van der Waals surface area (Å²) in [4.78, 5) is 11.1. The molecule has 1 aromatic rings. The number of halogens is 1. The molecule has 2 rings (SSSR count). The summed E-state index contributed by atoms with van der Waals surface area (Å²) in [7, 11) is 0. The molecule has 1 aromatic carbocycles. The molecule has 1 heterocycles. The molecule has 1 saturated heterocycles. The molecule has 1 atom stereocenters. The van der Waals surface area contributed by atoms with Gasteiger partial charge >= 0.3 is 5.97 Å². The average molecular weight is 211 g/mol. The van der Waals surface area contributed by atoms with Gasteiger partial charge in [-0.05, 0) is 5.56 Å². The fraction of sp³-hybridized carbons (Fsp3) is 0.364. The molecule has 0 N–H and O–H groups in total. The van der Waals surface area contributed by atoms with E-state index >= 15 is 0 Å². The summed E-state index contributed by atoms with van der Waals surface area (Å²) in [5.41, 5.74) is 0.403. The number of ether oxygens (including phenoxy) is 1. The van der Waals surface area contributed by atoms with Crippen molar-refractivity contribution in [1.29, 1.82) is 0 Å². The van der Waals surface area contributed by atoms with Crippen LogP contribution in [0.2, 0.25) is 0 Å². The monoisotopic (exact) mass is 210 g/mol. The third-order valence-corrected chi connectivity index (χ3v) is 2.99. The molecule has 74 valence electrons. The molecule has 1 fully saturated rings. The molecule has 0 aliphatic carbocycles. The van der Waals surface area contributed by atoms with Crippen LogP contribution in [0, 0.1) is 0 Å². The van der Waals surface area contributed by atoms with Gasteiger partial charge in [0.05, 0.1) is 5.88 Å². The normalized spacial score (nSPS) is 26.2. The zero-order valence-corrected chi connectivity index (χ0v) is 8.46. The predicted octanol–water partition coefficient (Wildman–Crippen LogP) is 2.46. The Morgan fingerprint density at radius 2 is 2.07 bits per heavy atom. The Morgan fingerprint density at radius 3 is 2.57 bits per heavy atom. The van der Waals surface area contributed by atoms with Crippen LogP contribution in [0.4, 0.5) is 0 Å². The lowest BCUT2D eigenvalue weighted by molar-refractivity contribution is -0.147. The molecule has 3 heteroatoms. The smallest absolute Gasteiger partial charge is 0.306 e. The van der Waals surface area contributed by atoms with Crippen LogP contribution >= 0.6 is 11.6 Å². The Morgan fingerprint density at radius 1 is 1.36 bits per heavy atom. The van der Waals surface area contributed by atoms with Crippen molar-refractivity contribution in [3.8, 4) is 0 Å². The number of benzene rings is 1. The fourth-order valence-corrected chi connectivity index (χ4v) is 2.08. The highest BCUT2D eigenvalue weighted by molar-refractivity contribution is 6.18. The van der Waals surface area contributed by atoms with Gasteiger partial charge in [0.1, 0.15) is 0 Å². The van der Waals surface area contributed by atoms with Crippen LogP contribution in [0.3, 0.4) is 0 Å². The molecular formula is C11H11ClO2. The maximum atomic E-state index is 11.1. The van der Waals surface area contributed by atoms with Gasteiger partial charge in [-0.25, -0.2) is 0 Å². The molecule has 1 aliphatic heterocycles. The van der Waals surface area contributed by atoms with E-state index in [1.165, 1.54) is 0 Å². The van der Waals surface area contributed by atoms with Crippen molar-refractivity contribution in [2.75, 3.05) is 5.88 Å². The second kappa shape index (κ2) is 3.62. The molecule has 0 radical (unpaired) electrons. The third-order valence-electron chi connectivity index (χ3n) is 2.56. The van der Waals surface area contributed by atoms with Gasteiger partial charge in [-0.2, -0.15) is 0 Å². The Balaban J connectivity index is 2.34. The number of carbonyl (C=O) groups excluding carboxylic acids is 1. The minimum absolute atomic E-state index is 0.158. The summed E-state index contributed by atoms with van der Waals surface area (Å²) in [5, 5.41) is 0. The molecule has 0 aromatic heterocycles. The second-order valence-electron chi connectivity index (χ2n) is 3.47. The van der Waals surface area contributed by atoms with Gasteiger partial charge in [0.25, 0.3) is 0 Å². The molecule has 0 spiro atoms. The minimum atomic E-state index is -0.583. The first kappa shape index (κ1) is 9.53. The van der Waals surface area contributed by atoms with Crippen molar-refractivity contribution < 1.29 is 9.53 Å². The van der Waals surface area contributed by atoms with E-state index in [9.17, 15) is 4.79 Å². The molecular weight excluding hydrogens is 200 g/mol. The lowest BCUT2D eigenvalue weighted by Gasteiger charge is -2.25. The molecule has 0 bridgehead atoms. The van der Waals surface area contributed by atoms with E-state index in [-0.39, 0.29) is 5.97 Å². The fourth-order valence-electron chi connectivity index (χ4n) is 1.74. The van der Waals surface area contributed by atoms with Crippen molar-refractivity contribution in [3.05, 3.63) is 35.9 Å². The van der Waals surface area contributed by atoms with Crippen molar-refractivity contribution in [2.24, 2.45) is 0 Å². The van der Waals surface area contributed by atoms with E-state index in [1.54, 1.807) is 0 Å². The number of rotatable bonds is 2. The first-order chi connectivity index (χ1) is 6.77. The van der Waals surface area contributed by atoms with E-state index in [1.807, 2.05) is 30.3 Å². The van der Waals surface area contributed by atoms with Crippen LogP contribution in [-0.2, 0) is 15.1 Å². The predicted molar refractivity (Wildman–Crippen MR) is 54.2 cm³/mol. The number of cyclic esters (lactones) is 1. The summed E-state index contributed by atoms with van der Waals surface area (Å²) in [6, 6.07) is 9.68. The molecule has 14 heavy (non-hydrogen) atoms. The SMILES string of the molecule is O=C1CC[C@](CCl)(c2ccccc2)O1. The average Bonchev–Trinajstić information content (AvgIpc) is 2.63. The van der Waals surface area contributed by atoms with Crippen molar-refractivity contribution >= 4 is 17.6 Å². The van der Waals surface area contributed by atoms with Crippen LogP contribution in [0.25, 0.3) is 0 Å². The van der Waals surface area contributed by atoms with E-state index in [4.69, 9.17) is 16.3 Å². The number of carbonyl (C=O) groups is 1. The lowest BCUT2D eigenvalue weighted by Crippen LogP contribution is -2.27. The van der Waals surface area contributed by atoms with Gasteiger partial charge < -0.3 is 4.74 Å². The van der Waals surface area contributed by atoms with Gasteiger partial charge in [-0.1, -0.05) is 30.3 Å². The summed E-state index contributed by atoms with van der Waals surface area (Å²) >= 11 is 5.89. The van der Waals surface area contributed by atoms with Gasteiger partial charge in [-0.15, -0.1) is 11.6 Å². The quantitative estimate of drug-likeness (QED) is 0.554. The van der Waals surface area contributed by atoms with Gasteiger partial charge in [0.2, 0.25) is 0 Å². The highest BCUT2D eigenvalue weighted by Gasteiger charge is 2.41. The first-order valence-corrected chi connectivity index (χ1v) is 5.14. The highest BCUT2D eigenvalue weighted by Crippen LogP contribution is 2.37. The number of hydrogen-bond donors (Lipinski definition) is 0. The van der Waals surface area contributed by atoms with Crippen LogP contribution in [0.5, 0.6) is 0 Å². The van der Waals surface area contributed by atoms with Crippen LogP contribution in [0.1, 0.15) is 18.4 Å². The van der Waals surface area contributed by atoms with E-state index in [0.29, 0.717) is 18.7 Å². The standard InChI is InChI=1S/C11H11ClO2/c12-8-11(7-6-10(13)14-11)9-4-2-1-3-5-9/h1-5H,6-8H2/t11-/m0/s1. The molecule has 0 unspecified atom stereocenters. The van der Waals surface area contributed by atoms with Gasteiger partial charge in [-0.3, -0.25) is 4.79 Å². The molecule has 0 amide bonds. The maximum Gasteiger partial charge on any atom is 0.306 e. The molecule has 0 saturated carbocycles. The second-order valence-corrected chi connectivity index (χ2v) is 3.74. The topological polar surface area (TPSA) is 26.3 Å². The van der Waals surface area contributed by atoms with E-state index < -0.39 is 5.60 Å². The lowest BCUT2D eigenvalue weighted by atomic mass is 9.93. The van der Waals surface area contributed by atoms with Crippen LogP contribution in [0.15, 0.2) is 30.3 Å². The summed E-state index contributed by atoms with van der Waals surface area (Å²) in [6.45, 7) is 0. The first-order valence-electron chi connectivity index (χ1n) is 4.60. The van der Waals surface area contributed by atoms with Crippen molar-refractivity contribution in [1.82, 2.24) is 0 Å². The Labute approximate surface area is 87.8 Å². The van der Waals surface area contributed by atoms with Crippen molar-refractivity contribution in [3.63, 3.8) is 0 Å².